The third kappa shape index (κ3) is 4.66. The average molecular weight is 457 g/mol. The fraction of sp³-hybridized carbons (Fsp3) is 0.304. The first kappa shape index (κ1) is 22.0. The number of carbonyl (C=O) groups excluding carboxylic acids is 2. The molecule has 0 saturated carbocycles. The second-order valence-electron chi connectivity index (χ2n) is 7.62. The van der Waals surface area contributed by atoms with E-state index in [1.54, 1.807) is 37.7 Å². The van der Waals surface area contributed by atoms with Crippen molar-refractivity contribution in [2.45, 2.75) is 25.0 Å². The molecule has 2 atom stereocenters. The summed E-state index contributed by atoms with van der Waals surface area (Å²) in [6.45, 7) is 0.277. The van der Waals surface area contributed by atoms with Crippen molar-refractivity contribution in [1.29, 1.82) is 0 Å². The second-order valence-corrected chi connectivity index (χ2v) is 8.06. The van der Waals surface area contributed by atoms with Crippen molar-refractivity contribution in [3.05, 3.63) is 71.0 Å². The van der Waals surface area contributed by atoms with Gasteiger partial charge in [0.1, 0.15) is 12.6 Å². The SMILES string of the molecule is COc1ccc(CNC(=O)CN2C=CN3NC(c4ccc(Cl)cc4)CC3C2=O)cc1OC. The molecular weight excluding hydrogens is 432 g/mol. The summed E-state index contributed by atoms with van der Waals surface area (Å²) in [6.07, 6.45) is 4.03. The van der Waals surface area contributed by atoms with Gasteiger partial charge >= 0.3 is 0 Å². The van der Waals surface area contributed by atoms with Crippen LogP contribution in [0, 0.1) is 0 Å². The third-order valence-corrected chi connectivity index (χ3v) is 5.85. The monoisotopic (exact) mass is 456 g/mol. The molecule has 4 rings (SSSR count). The van der Waals surface area contributed by atoms with E-state index in [4.69, 9.17) is 21.1 Å². The lowest BCUT2D eigenvalue weighted by Gasteiger charge is -2.31. The van der Waals surface area contributed by atoms with Crippen molar-refractivity contribution >= 4 is 23.4 Å². The van der Waals surface area contributed by atoms with E-state index in [1.165, 1.54) is 4.90 Å². The van der Waals surface area contributed by atoms with Gasteiger partial charge in [0.05, 0.1) is 20.3 Å². The molecule has 32 heavy (non-hydrogen) atoms. The molecule has 2 aromatic carbocycles. The highest BCUT2D eigenvalue weighted by molar-refractivity contribution is 6.30. The maximum atomic E-state index is 13.0. The number of methoxy groups -OCH3 is 2. The molecule has 2 heterocycles. The van der Waals surface area contributed by atoms with Crippen molar-refractivity contribution in [3.63, 3.8) is 0 Å². The van der Waals surface area contributed by atoms with Gasteiger partial charge < -0.3 is 24.7 Å². The Morgan fingerprint density at radius 1 is 1.12 bits per heavy atom. The maximum absolute atomic E-state index is 13.0. The van der Waals surface area contributed by atoms with Gasteiger partial charge in [0.15, 0.2) is 11.5 Å². The van der Waals surface area contributed by atoms with Crippen LogP contribution in [0.1, 0.15) is 23.6 Å². The van der Waals surface area contributed by atoms with Gasteiger partial charge in [-0.1, -0.05) is 29.8 Å². The number of amides is 2. The van der Waals surface area contributed by atoms with E-state index in [-0.39, 0.29) is 30.4 Å². The highest BCUT2D eigenvalue weighted by Gasteiger charge is 2.40. The zero-order chi connectivity index (χ0) is 22.7. The Bertz CT molecular complexity index is 1030. The lowest BCUT2D eigenvalue weighted by atomic mass is 10.0. The smallest absolute Gasteiger partial charge is 0.251 e. The van der Waals surface area contributed by atoms with E-state index in [0.29, 0.717) is 29.5 Å². The molecule has 1 saturated heterocycles. The van der Waals surface area contributed by atoms with Crippen LogP contribution in [0.25, 0.3) is 0 Å². The molecule has 0 aromatic heterocycles. The number of nitrogens with zero attached hydrogens (tertiary/aromatic N) is 2. The summed E-state index contributed by atoms with van der Waals surface area (Å²) in [6, 6.07) is 12.7. The first-order chi connectivity index (χ1) is 15.5. The fourth-order valence-corrected chi connectivity index (χ4v) is 4.01. The Hall–Kier alpha value is -3.23. The summed E-state index contributed by atoms with van der Waals surface area (Å²) in [5, 5.41) is 5.33. The van der Waals surface area contributed by atoms with E-state index in [0.717, 1.165) is 11.1 Å². The zero-order valence-corrected chi connectivity index (χ0v) is 18.6. The average Bonchev–Trinajstić information content (AvgIpc) is 3.25. The van der Waals surface area contributed by atoms with E-state index in [9.17, 15) is 9.59 Å². The predicted octanol–water partition coefficient (Wildman–Crippen LogP) is 2.61. The molecule has 2 aromatic rings. The van der Waals surface area contributed by atoms with Gasteiger partial charge in [0.2, 0.25) is 5.91 Å². The minimum Gasteiger partial charge on any atom is -0.493 e. The van der Waals surface area contributed by atoms with Crippen molar-refractivity contribution < 1.29 is 19.1 Å². The molecule has 1 fully saturated rings. The molecule has 2 amide bonds. The standard InChI is InChI=1S/C23H25ClN4O4/c1-31-20-8-3-15(11-21(20)32-2)13-25-22(29)14-27-9-10-28-19(23(27)30)12-18(26-28)16-4-6-17(24)7-5-16/h3-11,18-19,26H,12-14H2,1-2H3,(H,25,29). The molecule has 9 heteroatoms. The van der Waals surface area contributed by atoms with Gasteiger partial charge in [-0.15, -0.1) is 0 Å². The number of rotatable bonds is 7. The first-order valence-electron chi connectivity index (χ1n) is 10.2. The number of fused-ring (bicyclic) bond motifs is 1. The Morgan fingerprint density at radius 2 is 1.88 bits per heavy atom. The van der Waals surface area contributed by atoms with Crippen LogP contribution in [0.4, 0.5) is 0 Å². The number of carbonyl (C=O) groups is 2. The van der Waals surface area contributed by atoms with Crippen LogP contribution in [0.5, 0.6) is 11.5 Å². The van der Waals surface area contributed by atoms with Crippen molar-refractivity contribution in [3.8, 4) is 11.5 Å². The van der Waals surface area contributed by atoms with Crippen LogP contribution in [0.15, 0.2) is 54.9 Å². The number of benzene rings is 2. The fourth-order valence-electron chi connectivity index (χ4n) is 3.88. The van der Waals surface area contributed by atoms with Crippen LogP contribution in [0.3, 0.4) is 0 Å². The van der Waals surface area contributed by atoms with Crippen molar-refractivity contribution in [2.24, 2.45) is 0 Å². The van der Waals surface area contributed by atoms with Crippen molar-refractivity contribution in [2.75, 3.05) is 20.8 Å². The minimum absolute atomic E-state index is 0.00435. The van der Waals surface area contributed by atoms with E-state index in [2.05, 4.69) is 10.7 Å². The van der Waals surface area contributed by atoms with Crippen LogP contribution >= 0.6 is 11.6 Å². The highest BCUT2D eigenvalue weighted by atomic mass is 35.5. The molecule has 2 aliphatic rings. The number of halogens is 1. The summed E-state index contributed by atoms with van der Waals surface area (Å²) in [7, 11) is 3.13. The summed E-state index contributed by atoms with van der Waals surface area (Å²) >= 11 is 5.97. The largest absolute Gasteiger partial charge is 0.493 e. The molecule has 0 spiro atoms. The normalized spacial score (nSPS) is 19.7. The zero-order valence-electron chi connectivity index (χ0n) is 17.9. The first-order valence-corrected chi connectivity index (χ1v) is 10.6. The second kappa shape index (κ2) is 9.50. The van der Waals surface area contributed by atoms with Crippen LogP contribution < -0.4 is 20.2 Å². The van der Waals surface area contributed by atoms with Crippen LogP contribution in [0.2, 0.25) is 5.02 Å². The van der Waals surface area contributed by atoms with Gasteiger partial charge in [-0.2, -0.15) is 0 Å². The summed E-state index contributed by atoms with van der Waals surface area (Å²) in [4.78, 5) is 26.9. The highest BCUT2D eigenvalue weighted by Crippen LogP contribution is 2.31. The number of nitrogens with one attached hydrogen (secondary N) is 2. The number of ether oxygens (including phenoxy) is 2. The van der Waals surface area contributed by atoms with Crippen molar-refractivity contribution in [1.82, 2.24) is 20.7 Å². The van der Waals surface area contributed by atoms with E-state index in [1.807, 2.05) is 36.4 Å². The molecule has 2 unspecified atom stereocenters. The molecule has 8 nitrogen and oxygen atoms in total. The van der Waals surface area contributed by atoms with Gasteiger partial charge in [-0.3, -0.25) is 9.59 Å². The minimum atomic E-state index is -0.362. The van der Waals surface area contributed by atoms with Gasteiger partial charge in [-0.25, -0.2) is 5.43 Å². The Balaban J connectivity index is 1.33. The lowest BCUT2D eigenvalue weighted by molar-refractivity contribution is -0.138. The van der Waals surface area contributed by atoms with Gasteiger partial charge in [0.25, 0.3) is 5.91 Å². The molecule has 2 N–H and O–H groups in total. The maximum Gasteiger partial charge on any atom is 0.251 e. The molecule has 0 aliphatic carbocycles. The van der Waals surface area contributed by atoms with Crippen LogP contribution in [-0.4, -0.2) is 48.5 Å². The van der Waals surface area contributed by atoms with Gasteiger partial charge in [0, 0.05) is 24.0 Å². The molecule has 0 bridgehead atoms. The summed E-state index contributed by atoms with van der Waals surface area (Å²) in [5.74, 6) is 0.861. The van der Waals surface area contributed by atoms with E-state index >= 15 is 0 Å². The third-order valence-electron chi connectivity index (χ3n) is 5.60. The Kier molecular flexibility index (Phi) is 6.53. The number of hydrogen-bond donors (Lipinski definition) is 2. The Morgan fingerprint density at radius 3 is 2.59 bits per heavy atom. The molecule has 0 radical (unpaired) electrons. The molecule has 2 aliphatic heterocycles. The predicted molar refractivity (Wildman–Crippen MR) is 120 cm³/mol. The quantitative estimate of drug-likeness (QED) is 0.666. The lowest BCUT2D eigenvalue weighted by Crippen LogP contribution is -2.50. The topological polar surface area (TPSA) is 83.1 Å². The Labute approximate surface area is 191 Å². The number of hydrogen-bond acceptors (Lipinski definition) is 6. The van der Waals surface area contributed by atoms with E-state index < -0.39 is 0 Å². The molecule has 168 valence electrons. The summed E-state index contributed by atoms with van der Waals surface area (Å²) < 4.78 is 10.5. The summed E-state index contributed by atoms with van der Waals surface area (Å²) in [5.41, 5.74) is 5.26. The van der Waals surface area contributed by atoms with Gasteiger partial charge in [-0.05, 0) is 41.8 Å². The molecular formula is C23H25ClN4O4. The van der Waals surface area contributed by atoms with Crippen LogP contribution in [-0.2, 0) is 16.1 Å². The number of hydrazine groups is 1.